The molecular weight excluding hydrogens is 574 g/mol. The minimum atomic E-state index is -0.354. The summed E-state index contributed by atoms with van der Waals surface area (Å²) < 4.78 is 6.11. The summed E-state index contributed by atoms with van der Waals surface area (Å²) in [6, 6.07) is 23.4. The van der Waals surface area contributed by atoms with Gasteiger partial charge in [-0.25, -0.2) is 9.78 Å². The smallest absolute Gasteiger partial charge is 0.326 e. The van der Waals surface area contributed by atoms with Gasteiger partial charge in [0.25, 0.3) is 5.56 Å². The molecule has 3 heterocycles. The van der Waals surface area contributed by atoms with Crippen molar-refractivity contribution >= 4 is 28.4 Å². The van der Waals surface area contributed by atoms with Crippen LogP contribution in [-0.2, 0) is 6.42 Å². The van der Waals surface area contributed by atoms with Gasteiger partial charge in [-0.3, -0.25) is 14.7 Å². The number of hydrogen-bond donors (Lipinski definition) is 2. The molecule has 0 aliphatic carbocycles. The summed E-state index contributed by atoms with van der Waals surface area (Å²) in [5.41, 5.74) is 6.35. The highest BCUT2D eigenvalue weighted by molar-refractivity contribution is 6.03. The van der Waals surface area contributed by atoms with Crippen molar-refractivity contribution in [1.82, 2.24) is 15.0 Å². The second-order valence-electron chi connectivity index (χ2n) is 12.6. The van der Waals surface area contributed by atoms with Crippen LogP contribution < -0.4 is 20.5 Å². The monoisotopic (exact) mass is 617 g/mol. The highest BCUT2D eigenvalue weighted by Gasteiger charge is 2.25. The Bertz CT molecular complexity index is 1840. The summed E-state index contributed by atoms with van der Waals surface area (Å²) in [6.07, 6.45) is 4.15. The zero-order valence-electron chi connectivity index (χ0n) is 27.5. The lowest BCUT2D eigenvalue weighted by Crippen LogP contribution is -2.41. The molecule has 2 aromatic carbocycles. The van der Waals surface area contributed by atoms with Gasteiger partial charge >= 0.3 is 6.03 Å². The lowest BCUT2D eigenvalue weighted by atomic mass is 9.88. The maximum absolute atomic E-state index is 14.1. The maximum atomic E-state index is 14.1. The number of nitrogens with one attached hydrogen (secondary N) is 2. The molecule has 0 radical (unpaired) electrons. The first-order valence-corrected chi connectivity index (χ1v) is 16.0. The number of anilines is 2. The Hall–Kier alpha value is -4.98. The molecule has 0 atom stereocenters. The number of pyridine rings is 3. The molecule has 3 aromatic heterocycles. The molecule has 5 aromatic rings. The van der Waals surface area contributed by atoms with Crippen LogP contribution in [0.15, 0.2) is 90.0 Å². The van der Waals surface area contributed by atoms with E-state index < -0.39 is 0 Å². The first-order chi connectivity index (χ1) is 22.1. The Labute approximate surface area is 270 Å². The topological polar surface area (TPSA) is 100 Å². The summed E-state index contributed by atoms with van der Waals surface area (Å²) in [7, 11) is 0. The summed E-state index contributed by atoms with van der Waals surface area (Å²) in [5.74, 6) is 1.17. The molecule has 0 saturated carbocycles. The highest BCUT2D eigenvalue weighted by atomic mass is 16.5. The molecule has 0 saturated heterocycles. The van der Waals surface area contributed by atoms with Crippen molar-refractivity contribution in [2.24, 2.45) is 5.92 Å². The zero-order chi connectivity index (χ0) is 32.8. The summed E-state index contributed by atoms with van der Waals surface area (Å²) in [4.78, 5) is 40.3. The lowest BCUT2D eigenvalue weighted by Gasteiger charge is -2.28. The predicted molar refractivity (Wildman–Crippen MR) is 187 cm³/mol. The Morgan fingerprint density at radius 3 is 2.26 bits per heavy atom. The molecule has 0 aliphatic heterocycles. The van der Waals surface area contributed by atoms with Gasteiger partial charge in [-0.1, -0.05) is 59.7 Å². The number of aromatic amines is 1. The number of aromatic nitrogens is 3. The van der Waals surface area contributed by atoms with E-state index in [0.29, 0.717) is 24.5 Å². The first kappa shape index (κ1) is 32.4. The average molecular weight is 618 g/mol. The fraction of sp³-hybridized carbons (Fsp3) is 0.316. The fourth-order valence-corrected chi connectivity index (χ4v) is 5.55. The predicted octanol–water partition coefficient (Wildman–Crippen LogP) is 8.55. The van der Waals surface area contributed by atoms with Gasteiger partial charge in [0.1, 0.15) is 17.1 Å². The average Bonchev–Trinajstić information content (AvgIpc) is 3.03. The van der Waals surface area contributed by atoms with Crippen molar-refractivity contribution in [1.29, 1.82) is 0 Å². The Balaban J connectivity index is 1.47. The molecular formula is C38H43N5O3. The van der Waals surface area contributed by atoms with Crippen LogP contribution in [0.1, 0.15) is 70.2 Å². The largest absolute Gasteiger partial charge is 0.493 e. The zero-order valence-corrected chi connectivity index (χ0v) is 27.5. The third kappa shape index (κ3) is 7.62. The number of benzene rings is 2. The van der Waals surface area contributed by atoms with Crippen LogP contribution in [0.2, 0.25) is 0 Å². The maximum Gasteiger partial charge on any atom is 0.326 e. The number of urea groups is 1. The second-order valence-corrected chi connectivity index (χ2v) is 12.6. The number of H-pyrrole nitrogens is 1. The van der Waals surface area contributed by atoms with Crippen molar-refractivity contribution in [3.63, 3.8) is 0 Å². The van der Waals surface area contributed by atoms with E-state index in [1.807, 2.05) is 56.3 Å². The normalized spacial score (nSPS) is 11.4. The number of hydrogen-bond acceptors (Lipinski definition) is 5. The molecule has 2 N–H and O–H groups in total. The molecule has 0 bridgehead atoms. The summed E-state index contributed by atoms with van der Waals surface area (Å²) in [6.45, 7) is 13.5. The number of carbonyl (C=O) groups is 1. The van der Waals surface area contributed by atoms with E-state index in [2.05, 4.69) is 72.2 Å². The molecule has 2 amide bonds. The van der Waals surface area contributed by atoms with Crippen molar-refractivity contribution in [2.45, 2.75) is 59.8 Å². The minimum Gasteiger partial charge on any atom is -0.493 e. The molecule has 0 unspecified atom stereocenters. The van der Waals surface area contributed by atoms with Crippen LogP contribution in [0.25, 0.3) is 22.2 Å². The Kier molecular flexibility index (Phi) is 10.2. The van der Waals surface area contributed by atoms with Crippen LogP contribution in [0.4, 0.5) is 16.2 Å². The van der Waals surface area contributed by atoms with Crippen LogP contribution in [0, 0.1) is 5.92 Å². The van der Waals surface area contributed by atoms with Crippen molar-refractivity contribution in [3.8, 4) is 16.9 Å². The van der Waals surface area contributed by atoms with Gasteiger partial charge < -0.3 is 15.0 Å². The van der Waals surface area contributed by atoms with Gasteiger partial charge in [-0.2, -0.15) is 0 Å². The van der Waals surface area contributed by atoms with E-state index in [4.69, 9.17) is 4.74 Å². The number of ether oxygens (including phenoxy) is 1. The Morgan fingerprint density at radius 2 is 1.59 bits per heavy atom. The van der Waals surface area contributed by atoms with E-state index >= 15 is 0 Å². The van der Waals surface area contributed by atoms with E-state index in [9.17, 15) is 9.59 Å². The highest BCUT2D eigenvalue weighted by Crippen LogP contribution is 2.38. The molecule has 8 nitrogen and oxygen atoms in total. The van der Waals surface area contributed by atoms with Gasteiger partial charge in [0.2, 0.25) is 0 Å². The van der Waals surface area contributed by atoms with Gasteiger partial charge in [-0.15, -0.1) is 0 Å². The van der Waals surface area contributed by atoms with Gasteiger partial charge in [-0.05, 0) is 94.6 Å². The van der Waals surface area contributed by atoms with Gasteiger partial charge in [0.05, 0.1) is 6.61 Å². The van der Waals surface area contributed by atoms with Crippen LogP contribution in [-0.4, -0.2) is 34.1 Å². The first-order valence-electron chi connectivity index (χ1n) is 16.0. The molecule has 5 rings (SSSR count). The van der Waals surface area contributed by atoms with E-state index in [1.165, 1.54) is 0 Å². The number of fused-ring (bicyclic) bond motifs is 1. The lowest BCUT2D eigenvalue weighted by molar-refractivity contribution is 0.256. The van der Waals surface area contributed by atoms with Crippen LogP contribution in [0.5, 0.6) is 5.75 Å². The number of rotatable bonds is 11. The number of amides is 2. The molecule has 0 fully saturated rings. The van der Waals surface area contributed by atoms with Crippen molar-refractivity contribution in [2.75, 3.05) is 23.4 Å². The van der Waals surface area contributed by atoms with E-state index in [1.54, 1.807) is 23.4 Å². The molecule has 8 heteroatoms. The summed E-state index contributed by atoms with van der Waals surface area (Å²) in [5, 5.41) is 4.00. The van der Waals surface area contributed by atoms with Crippen LogP contribution >= 0.6 is 0 Å². The third-order valence-electron chi connectivity index (χ3n) is 7.88. The standard InChI is InChI=1S/C38H43N5O3/c1-24(2)23-43(34-22-28-12-10-17-40-36(28)42-37(34)44)38(45)41-35-32(25(3)4)20-29(21-33(35)26(5)6)27-11-9-14-31(19-27)46-18-15-30-13-7-8-16-39-30/h7-14,16-17,19-22,24-26H,15,18,23H2,1-6H3,(H,41,45)(H,40,42,44). The van der Waals surface area contributed by atoms with E-state index in [-0.39, 0.29) is 29.3 Å². The molecule has 0 aliphatic rings. The molecule has 0 spiro atoms. The quantitative estimate of drug-likeness (QED) is 0.155. The number of nitrogens with zero attached hydrogens (tertiary/aromatic N) is 3. The van der Waals surface area contributed by atoms with Crippen molar-refractivity contribution < 1.29 is 9.53 Å². The third-order valence-corrected chi connectivity index (χ3v) is 7.88. The van der Waals surface area contributed by atoms with Crippen molar-refractivity contribution in [3.05, 3.63) is 112 Å². The fourth-order valence-electron chi connectivity index (χ4n) is 5.55. The second kappa shape index (κ2) is 14.4. The molecule has 238 valence electrons. The minimum absolute atomic E-state index is 0.124. The van der Waals surface area contributed by atoms with Gasteiger partial charge in [0, 0.05) is 42.1 Å². The van der Waals surface area contributed by atoms with Crippen LogP contribution in [0.3, 0.4) is 0 Å². The molecule has 46 heavy (non-hydrogen) atoms. The Morgan fingerprint density at radius 1 is 0.848 bits per heavy atom. The SMILES string of the molecule is CC(C)CN(C(=O)Nc1c(C(C)C)cc(-c2cccc(OCCc3ccccn3)c2)cc1C(C)C)c1cc2cccnc2[nH]c1=O. The van der Waals surface area contributed by atoms with Gasteiger partial charge in [0.15, 0.2) is 0 Å². The van der Waals surface area contributed by atoms with E-state index in [0.717, 1.165) is 51.2 Å². The number of carbonyl (C=O) groups excluding carboxylic acids is 1. The summed E-state index contributed by atoms with van der Waals surface area (Å²) >= 11 is 0.